The lowest BCUT2D eigenvalue weighted by Gasteiger charge is -2.37. The van der Waals surface area contributed by atoms with Gasteiger partial charge in [-0.25, -0.2) is 0 Å². The quantitative estimate of drug-likeness (QED) is 0.0580. The zero-order valence-corrected chi connectivity index (χ0v) is 30.9. The van der Waals surface area contributed by atoms with E-state index in [1.807, 2.05) is 0 Å². The van der Waals surface area contributed by atoms with Gasteiger partial charge in [0.05, 0.1) is 13.0 Å². The highest BCUT2D eigenvalue weighted by atomic mass is 16.5. The molecule has 2 atom stereocenters. The van der Waals surface area contributed by atoms with E-state index in [4.69, 9.17) is 9.47 Å². The average Bonchev–Trinajstić information content (AvgIpc) is 3.02. The lowest BCUT2D eigenvalue weighted by atomic mass is 9.78. The molecular weight excluding hydrogens is 558 g/mol. The summed E-state index contributed by atoms with van der Waals surface area (Å²) in [5.41, 5.74) is 0.0881. The number of hydrogen-bond acceptors (Lipinski definition) is 5. The van der Waals surface area contributed by atoms with Crippen LogP contribution in [0.5, 0.6) is 0 Å². The number of likely N-dealkylation sites (tertiary alicyclic amines) is 1. The van der Waals surface area contributed by atoms with Crippen molar-refractivity contribution in [2.45, 2.75) is 207 Å². The second kappa shape index (κ2) is 28.0. The van der Waals surface area contributed by atoms with E-state index in [1.54, 1.807) is 0 Å². The van der Waals surface area contributed by atoms with Gasteiger partial charge in [-0.1, -0.05) is 130 Å². The van der Waals surface area contributed by atoms with Crippen molar-refractivity contribution >= 4 is 11.9 Å². The third-order valence-electron chi connectivity index (χ3n) is 10.3. The molecule has 1 aliphatic heterocycles. The fraction of sp³-hybridized carbons (Fsp3) is 0.950. The number of rotatable bonds is 30. The first-order valence-electron chi connectivity index (χ1n) is 19.9. The molecule has 0 saturated carbocycles. The molecular formula is C40H77NO4. The van der Waals surface area contributed by atoms with Crippen LogP contribution >= 0.6 is 0 Å². The molecule has 0 spiro atoms. The van der Waals surface area contributed by atoms with Gasteiger partial charge in [-0.15, -0.1) is 0 Å². The van der Waals surface area contributed by atoms with Crippen LogP contribution in [0.4, 0.5) is 0 Å². The van der Waals surface area contributed by atoms with E-state index in [0.717, 1.165) is 58.0 Å². The highest BCUT2D eigenvalue weighted by Crippen LogP contribution is 2.34. The minimum absolute atomic E-state index is 0.00539. The van der Waals surface area contributed by atoms with E-state index in [1.165, 1.54) is 116 Å². The van der Waals surface area contributed by atoms with E-state index in [-0.39, 0.29) is 23.5 Å². The Morgan fingerprint density at radius 2 is 1.09 bits per heavy atom. The summed E-state index contributed by atoms with van der Waals surface area (Å²) in [6, 6.07) is 0. The molecule has 1 heterocycles. The molecule has 0 aromatic rings. The Balaban J connectivity index is 2.28. The zero-order valence-electron chi connectivity index (χ0n) is 30.9. The molecule has 0 aromatic carbocycles. The summed E-state index contributed by atoms with van der Waals surface area (Å²) in [6.45, 7) is 11.8. The van der Waals surface area contributed by atoms with Gasteiger partial charge in [-0.3, -0.25) is 9.59 Å². The van der Waals surface area contributed by atoms with Crippen molar-refractivity contribution in [1.29, 1.82) is 0 Å². The van der Waals surface area contributed by atoms with Crippen molar-refractivity contribution in [1.82, 2.24) is 4.90 Å². The molecule has 2 unspecified atom stereocenters. The van der Waals surface area contributed by atoms with Gasteiger partial charge in [0.2, 0.25) is 0 Å². The predicted molar refractivity (Wildman–Crippen MR) is 192 cm³/mol. The number of hydrogen-bond donors (Lipinski definition) is 0. The third-order valence-corrected chi connectivity index (χ3v) is 10.3. The van der Waals surface area contributed by atoms with Gasteiger partial charge in [0.15, 0.2) is 0 Å². The second-order valence-electron chi connectivity index (χ2n) is 15.0. The van der Waals surface area contributed by atoms with Gasteiger partial charge >= 0.3 is 11.9 Å². The number of nitrogens with zero attached hydrogens (tertiary/aromatic N) is 1. The first kappa shape index (κ1) is 41.9. The Labute approximate surface area is 280 Å². The highest BCUT2D eigenvalue weighted by Gasteiger charge is 2.32. The van der Waals surface area contributed by atoms with Gasteiger partial charge in [0.1, 0.15) is 6.10 Å². The molecule has 1 saturated heterocycles. The maximum absolute atomic E-state index is 13.0. The number of carbonyl (C=O) groups excluding carboxylic acids is 2. The normalized spacial score (nSPS) is 16.4. The van der Waals surface area contributed by atoms with Crippen LogP contribution in [0.25, 0.3) is 0 Å². The van der Waals surface area contributed by atoms with Crippen molar-refractivity contribution < 1.29 is 19.1 Å². The van der Waals surface area contributed by atoms with Gasteiger partial charge < -0.3 is 14.4 Å². The van der Waals surface area contributed by atoms with Crippen LogP contribution < -0.4 is 0 Å². The number of carbonyl (C=O) groups is 2. The summed E-state index contributed by atoms with van der Waals surface area (Å²) in [5, 5.41) is 0. The number of unbranched alkanes of at least 4 members (excludes halogenated alkanes) is 15. The van der Waals surface area contributed by atoms with E-state index in [9.17, 15) is 9.59 Å². The molecule has 0 aromatic heterocycles. The molecule has 45 heavy (non-hydrogen) atoms. The van der Waals surface area contributed by atoms with E-state index >= 15 is 0 Å². The lowest BCUT2D eigenvalue weighted by Crippen LogP contribution is -2.38. The van der Waals surface area contributed by atoms with E-state index in [0.29, 0.717) is 25.4 Å². The molecule has 0 bridgehead atoms. The highest BCUT2D eigenvalue weighted by molar-refractivity contribution is 5.70. The summed E-state index contributed by atoms with van der Waals surface area (Å²) >= 11 is 0. The van der Waals surface area contributed by atoms with Gasteiger partial charge in [0.25, 0.3) is 0 Å². The molecule has 0 aliphatic carbocycles. The Morgan fingerprint density at radius 3 is 1.67 bits per heavy atom. The smallest absolute Gasteiger partial charge is 0.306 e. The Kier molecular flexibility index (Phi) is 26.0. The zero-order chi connectivity index (χ0) is 33.0. The largest absolute Gasteiger partial charge is 0.465 e. The average molecular weight is 636 g/mol. The Morgan fingerprint density at radius 1 is 0.622 bits per heavy atom. The molecule has 1 rings (SSSR count). The summed E-state index contributed by atoms with van der Waals surface area (Å²) in [5.74, 6) is 0.557. The van der Waals surface area contributed by atoms with Crippen molar-refractivity contribution in [2.75, 3.05) is 26.7 Å². The predicted octanol–water partition coefficient (Wildman–Crippen LogP) is 11.6. The molecule has 1 aliphatic rings. The number of piperidine rings is 1. The van der Waals surface area contributed by atoms with Crippen molar-refractivity contribution in [3.8, 4) is 0 Å². The minimum atomic E-state index is -0.00539. The Hall–Kier alpha value is -1.10. The Bertz CT molecular complexity index is 702. The fourth-order valence-corrected chi connectivity index (χ4v) is 6.80. The van der Waals surface area contributed by atoms with Crippen LogP contribution in [-0.4, -0.2) is 49.7 Å². The van der Waals surface area contributed by atoms with Crippen LogP contribution in [0.2, 0.25) is 0 Å². The second-order valence-corrected chi connectivity index (χ2v) is 15.0. The van der Waals surface area contributed by atoms with Crippen LogP contribution in [0.1, 0.15) is 201 Å². The van der Waals surface area contributed by atoms with Crippen LogP contribution in [0.3, 0.4) is 0 Å². The number of ether oxygens (including phenoxy) is 2. The maximum atomic E-state index is 13.0. The topological polar surface area (TPSA) is 55.8 Å². The minimum Gasteiger partial charge on any atom is -0.465 e. The molecule has 5 nitrogen and oxygen atoms in total. The van der Waals surface area contributed by atoms with E-state index < -0.39 is 0 Å². The summed E-state index contributed by atoms with van der Waals surface area (Å²) in [6.07, 6.45) is 31.1. The van der Waals surface area contributed by atoms with Crippen LogP contribution in [-0.2, 0) is 19.1 Å². The first-order valence-corrected chi connectivity index (χ1v) is 19.9. The van der Waals surface area contributed by atoms with E-state index in [2.05, 4.69) is 39.6 Å². The van der Waals surface area contributed by atoms with Gasteiger partial charge in [-0.2, -0.15) is 0 Å². The molecule has 266 valence electrons. The standard InChI is InChI=1S/C40H77NO4/c1-6-9-12-14-15-18-22-27-37(45-39(43)34-40(4)30-32-41(5)33-31-40)28-23-19-16-17-20-24-29-38(42)44-35-36(25-11-8-3)26-21-13-10-7-2/h36-37H,6-35H2,1-5H3. The summed E-state index contributed by atoms with van der Waals surface area (Å²) < 4.78 is 11.9. The van der Waals surface area contributed by atoms with Crippen molar-refractivity contribution in [3.05, 3.63) is 0 Å². The van der Waals surface area contributed by atoms with Gasteiger partial charge in [-0.05, 0) is 89.3 Å². The maximum Gasteiger partial charge on any atom is 0.306 e. The molecule has 1 fully saturated rings. The van der Waals surface area contributed by atoms with Crippen LogP contribution in [0.15, 0.2) is 0 Å². The van der Waals surface area contributed by atoms with Gasteiger partial charge in [0, 0.05) is 6.42 Å². The third kappa shape index (κ3) is 23.8. The van der Waals surface area contributed by atoms with Crippen molar-refractivity contribution in [2.24, 2.45) is 11.3 Å². The first-order chi connectivity index (χ1) is 21.8. The fourth-order valence-electron chi connectivity index (χ4n) is 6.80. The van der Waals surface area contributed by atoms with Crippen molar-refractivity contribution in [3.63, 3.8) is 0 Å². The lowest BCUT2D eigenvalue weighted by molar-refractivity contribution is -0.153. The molecule has 0 radical (unpaired) electrons. The summed E-state index contributed by atoms with van der Waals surface area (Å²) in [4.78, 5) is 27.7. The molecule has 0 N–H and O–H groups in total. The number of esters is 2. The molecule has 5 heteroatoms. The van der Waals surface area contributed by atoms with Crippen LogP contribution in [0, 0.1) is 11.3 Å². The SMILES string of the molecule is CCCCCCCCCC(CCCCCCCCC(=O)OCC(CCCC)CCCCCC)OC(=O)CC1(C)CCN(C)CC1. The monoisotopic (exact) mass is 636 g/mol. The molecule has 0 amide bonds. The summed E-state index contributed by atoms with van der Waals surface area (Å²) in [7, 11) is 2.17.